The van der Waals surface area contributed by atoms with E-state index in [2.05, 4.69) is 20.9 Å². The smallest absolute Gasteiger partial charge is 0.227 e. The summed E-state index contributed by atoms with van der Waals surface area (Å²) < 4.78 is 5.46. The number of halogens is 2. The van der Waals surface area contributed by atoms with Gasteiger partial charge in [0.2, 0.25) is 5.89 Å². The third kappa shape index (κ3) is 1.83. The molecule has 0 aliphatic rings. The van der Waals surface area contributed by atoms with E-state index in [0.29, 0.717) is 16.2 Å². The SMILES string of the molecule is Clc1ccccc1-c1ncc(CBr)o1. The van der Waals surface area contributed by atoms with E-state index < -0.39 is 0 Å². The quantitative estimate of drug-likeness (QED) is 0.775. The second-order valence-electron chi connectivity index (χ2n) is 2.75. The van der Waals surface area contributed by atoms with Crippen LogP contribution in [0.5, 0.6) is 0 Å². The zero-order chi connectivity index (χ0) is 9.97. The standard InChI is InChI=1S/C10H7BrClNO/c11-5-7-6-13-10(14-7)8-3-1-2-4-9(8)12/h1-4,6H,5H2. The molecule has 0 amide bonds. The zero-order valence-corrected chi connectivity index (χ0v) is 9.55. The molecular formula is C10H7BrClNO. The molecule has 2 nitrogen and oxygen atoms in total. The predicted octanol–water partition coefficient (Wildman–Crippen LogP) is 3.89. The van der Waals surface area contributed by atoms with E-state index in [1.165, 1.54) is 0 Å². The van der Waals surface area contributed by atoms with Gasteiger partial charge in [-0.3, -0.25) is 0 Å². The molecule has 4 heteroatoms. The highest BCUT2D eigenvalue weighted by molar-refractivity contribution is 9.08. The second kappa shape index (κ2) is 4.15. The molecule has 0 atom stereocenters. The normalized spacial score (nSPS) is 10.4. The molecule has 1 heterocycles. The number of nitrogens with zero attached hydrogens (tertiary/aromatic N) is 1. The molecule has 0 aliphatic heterocycles. The average Bonchev–Trinajstić information content (AvgIpc) is 2.67. The topological polar surface area (TPSA) is 26.0 Å². The molecule has 2 rings (SSSR count). The Bertz CT molecular complexity index is 441. The first kappa shape index (κ1) is 9.74. The van der Waals surface area contributed by atoms with E-state index in [1.807, 2.05) is 24.3 Å². The van der Waals surface area contributed by atoms with Crippen LogP contribution in [-0.4, -0.2) is 4.98 Å². The highest BCUT2D eigenvalue weighted by Crippen LogP contribution is 2.27. The fraction of sp³-hybridized carbons (Fsp3) is 0.100. The molecule has 0 spiro atoms. The number of hydrogen-bond acceptors (Lipinski definition) is 2. The number of rotatable bonds is 2. The lowest BCUT2D eigenvalue weighted by atomic mass is 10.2. The maximum absolute atomic E-state index is 6.00. The van der Waals surface area contributed by atoms with Crippen molar-refractivity contribution in [3.63, 3.8) is 0 Å². The van der Waals surface area contributed by atoms with Crippen LogP contribution in [0.3, 0.4) is 0 Å². The Kier molecular flexibility index (Phi) is 2.89. The lowest BCUT2D eigenvalue weighted by molar-refractivity contribution is 0.540. The third-order valence-electron chi connectivity index (χ3n) is 1.79. The summed E-state index contributed by atoms with van der Waals surface area (Å²) in [5, 5.41) is 1.31. The van der Waals surface area contributed by atoms with Crippen LogP contribution in [0.25, 0.3) is 11.5 Å². The van der Waals surface area contributed by atoms with Gasteiger partial charge in [0.1, 0.15) is 5.76 Å². The molecule has 1 aromatic heterocycles. The van der Waals surface area contributed by atoms with Gasteiger partial charge in [-0.05, 0) is 12.1 Å². The fourth-order valence-electron chi connectivity index (χ4n) is 1.13. The summed E-state index contributed by atoms with van der Waals surface area (Å²) in [6, 6.07) is 7.47. The largest absolute Gasteiger partial charge is 0.440 e. The van der Waals surface area contributed by atoms with Crippen LogP contribution in [0.4, 0.5) is 0 Å². The highest BCUT2D eigenvalue weighted by atomic mass is 79.9. The van der Waals surface area contributed by atoms with Gasteiger partial charge in [0.25, 0.3) is 0 Å². The van der Waals surface area contributed by atoms with Gasteiger partial charge in [-0.2, -0.15) is 0 Å². The molecule has 1 aromatic carbocycles. The first-order valence-corrected chi connectivity index (χ1v) is 5.57. The second-order valence-corrected chi connectivity index (χ2v) is 3.71. The van der Waals surface area contributed by atoms with Crippen LogP contribution in [0, 0.1) is 0 Å². The van der Waals surface area contributed by atoms with Crippen molar-refractivity contribution in [3.05, 3.63) is 41.2 Å². The van der Waals surface area contributed by atoms with Crippen molar-refractivity contribution in [2.24, 2.45) is 0 Å². The van der Waals surface area contributed by atoms with Crippen molar-refractivity contribution >= 4 is 27.5 Å². The molecule has 0 bridgehead atoms. The molecule has 2 aromatic rings. The number of alkyl halides is 1. The van der Waals surface area contributed by atoms with Crippen LogP contribution in [0.15, 0.2) is 34.9 Å². The van der Waals surface area contributed by atoms with Crippen molar-refractivity contribution in [1.82, 2.24) is 4.98 Å². The van der Waals surface area contributed by atoms with E-state index >= 15 is 0 Å². The minimum atomic E-state index is 0.560. The Morgan fingerprint density at radius 1 is 1.36 bits per heavy atom. The van der Waals surface area contributed by atoms with Crippen molar-refractivity contribution in [3.8, 4) is 11.5 Å². The number of hydrogen-bond donors (Lipinski definition) is 0. The van der Waals surface area contributed by atoms with Gasteiger partial charge >= 0.3 is 0 Å². The molecule has 0 radical (unpaired) electrons. The maximum Gasteiger partial charge on any atom is 0.227 e. The van der Waals surface area contributed by atoms with Crippen molar-refractivity contribution in [2.45, 2.75) is 5.33 Å². The van der Waals surface area contributed by atoms with E-state index in [1.54, 1.807) is 6.20 Å². The van der Waals surface area contributed by atoms with E-state index in [9.17, 15) is 0 Å². The summed E-state index contributed by atoms with van der Waals surface area (Å²) >= 11 is 9.29. The Morgan fingerprint density at radius 2 is 2.14 bits per heavy atom. The zero-order valence-electron chi connectivity index (χ0n) is 7.21. The van der Waals surface area contributed by atoms with Crippen LogP contribution in [-0.2, 0) is 5.33 Å². The molecule has 0 N–H and O–H groups in total. The minimum Gasteiger partial charge on any atom is -0.440 e. The average molecular weight is 273 g/mol. The van der Waals surface area contributed by atoms with Crippen molar-refractivity contribution in [1.29, 1.82) is 0 Å². The fourth-order valence-corrected chi connectivity index (χ4v) is 1.60. The Hall–Kier alpha value is -0.800. The predicted molar refractivity (Wildman–Crippen MR) is 59.6 cm³/mol. The summed E-state index contributed by atoms with van der Waals surface area (Å²) in [7, 11) is 0. The molecule has 0 aliphatic carbocycles. The van der Waals surface area contributed by atoms with Gasteiger partial charge in [0.05, 0.1) is 22.1 Å². The monoisotopic (exact) mass is 271 g/mol. The Morgan fingerprint density at radius 3 is 2.79 bits per heavy atom. The highest BCUT2D eigenvalue weighted by Gasteiger charge is 2.08. The van der Waals surface area contributed by atoms with Gasteiger partial charge in [-0.15, -0.1) is 0 Å². The first-order chi connectivity index (χ1) is 6.81. The summed E-state index contributed by atoms with van der Waals surface area (Å²) in [6.07, 6.45) is 1.69. The van der Waals surface area contributed by atoms with Gasteiger partial charge in [0, 0.05) is 0 Å². The van der Waals surface area contributed by atoms with Crippen LogP contribution in [0.1, 0.15) is 5.76 Å². The molecule has 0 fully saturated rings. The summed E-state index contributed by atoms with van der Waals surface area (Å²) in [5.41, 5.74) is 0.821. The van der Waals surface area contributed by atoms with E-state index in [-0.39, 0.29) is 0 Å². The molecule has 0 saturated carbocycles. The molecular weight excluding hydrogens is 265 g/mol. The van der Waals surface area contributed by atoms with Crippen LogP contribution < -0.4 is 0 Å². The van der Waals surface area contributed by atoms with Crippen LogP contribution >= 0.6 is 27.5 Å². The van der Waals surface area contributed by atoms with Crippen molar-refractivity contribution in [2.75, 3.05) is 0 Å². The van der Waals surface area contributed by atoms with E-state index in [4.69, 9.17) is 16.0 Å². The maximum atomic E-state index is 6.00. The lowest BCUT2D eigenvalue weighted by Gasteiger charge is -1.97. The first-order valence-electron chi connectivity index (χ1n) is 4.07. The summed E-state index contributed by atoms with van der Waals surface area (Å²) in [5.74, 6) is 1.35. The summed E-state index contributed by atoms with van der Waals surface area (Å²) in [6.45, 7) is 0. The number of aromatic nitrogens is 1. The van der Waals surface area contributed by atoms with Gasteiger partial charge in [0.15, 0.2) is 0 Å². The Balaban J connectivity index is 2.44. The van der Waals surface area contributed by atoms with E-state index in [0.717, 1.165) is 11.3 Å². The van der Waals surface area contributed by atoms with Crippen LogP contribution in [0.2, 0.25) is 5.02 Å². The lowest BCUT2D eigenvalue weighted by Crippen LogP contribution is -1.77. The molecule has 0 unspecified atom stereocenters. The number of oxazole rings is 1. The molecule has 72 valence electrons. The summed E-state index contributed by atoms with van der Waals surface area (Å²) in [4.78, 5) is 4.14. The van der Waals surface area contributed by atoms with Gasteiger partial charge in [-0.25, -0.2) is 4.98 Å². The molecule has 14 heavy (non-hydrogen) atoms. The van der Waals surface area contributed by atoms with Gasteiger partial charge < -0.3 is 4.42 Å². The number of benzene rings is 1. The van der Waals surface area contributed by atoms with Gasteiger partial charge in [-0.1, -0.05) is 39.7 Å². The van der Waals surface area contributed by atoms with Crippen molar-refractivity contribution < 1.29 is 4.42 Å². The third-order valence-corrected chi connectivity index (χ3v) is 2.67. The molecule has 0 saturated heterocycles. The minimum absolute atomic E-state index is 0.560. The Labute approximate surface area is 95.0 Å².